The Morgan fingerprint density at radius 2 is 1.95 bits per heavy atom. The van der Waals surface area contributed by atoms with Crippen LogP contribution in [0.3, 0.4) is 0 Å². The van der Waals surface area contributed by atoms with Crippen LogP contribution in [0.15, 0.2) is 30.3 Å². The van der Waals surface area contributed by atoms with Crippen molar-refractivity contribution in [1.29, 1.82) is 0 Å². The minimum atomic E-state index is -0.201. The number of nitrogens with zero attached hydrogens (tertiary/aromatic N) is 1. The Labute approximate surface area is 113 Å². The summed E-state index contributed by atoms with van der Waals surface area (Å²) in [5.41, 5.74) is 0.759. The molecule has 4 heteroatoms. The first-order valence-corrected chi connectivity index (χ1v) is 6.89. The largest absolute Gasteiger partial charge is 0.353 e. The highest BCUT2D eigenvalue weighted by Crippen LogP contribution is 2.22. The van der Waals surface area contributed by atoms with E-state index in [-0.39, 0.29) is 17.9 Å². The number of hydrogen-bond donors (Lipinski definition) is 0. The molecule has 2 aliphatic rings. The molecule has 0 N–H and O–H groups in total. The summed E-state index contributed by atoms with van der Waals surface area (Å²) in [6, 6.07) is 9.28. The van der Waals surface area contributed by atoms with Crippen LogP contribution < -0.4 is 0 Å². The van der Waals surface area contributed by atoms with Crippen LogP contribution in [0.2, 0.25) is 0 Å². The number of ether oxygens (including phenoxy) is 2. The van der Waals surface area contributed by atoms with E-state index in [0.29, 0.717) is 13.4 Å². The van der Waals surface area contributed by atoms with E-state index in [1.165, 1.54) is 0 Å². The van der Waals surface area contributed by atoms with Gasteiger partial charge in [0.25, 0.3) is 0 Å². The van der Waals surface area contributed by atoms with Crippen molar-refractivity contribution < 1.29 is 14.3 Å². The van der Waals surface area contributed by atoms with E-state index in [9.17, 15) is 4.79 Å². The predicted molar refractivity (Wildman–Crippen MR) is 71.1 cm³/mol. The lowest BCUT2D eigenvalue weighted by molar-refractivity contribution is 0.0155. The van der Waals surface area contributed by atoms with Crippen LogP contribution >= 0.6 is 0 Å². The van der Waals surface area contributed by atoms with Gasteiger partial charge in [-0.1, -0.05) is 30.3 Å². The molecule has 2 saturated heterocycles. The minimum Gasteiger partial charge on any atom is -0.353 e. The van der Waals surface area contributed by atoms with Crippen LogP contribution in [-0.2, 0) is 9.47 Å². The third-order valence-electron chi connectivity index (χ3n) is 3.86. The molecule has 2 unspecified atom stereocenters. The second kappa shape index (κ2) is 5.82. The average Bonchev–Trinajstić information content (AvgIpc) is 3.13. The fourth-order valence-electron chi connectivity index (χ4n) is 2.89. The van der Waals surface area contributed by atoms with Gasteiger partial charge in [0.15, 0.2) is 5.78 Å². The van der Waals surface area contributed by atoms with Crippen molar-refractivity contribution in [3.8, 4) is 0 Å². The number of carbonyl (C=O) groups is 1. The van der Waals surface area contributed by atoms with E-state index in [0.717, 1.165) is 31.5 Å². The Morgan fingerprint density at radius 1 is 1.21 bits per heavy atom. The standard InChI is InChI=1S/C15H19NO3/c17-15(12-6-2-1-3-7-12)14(13-10-18-11-19-13)16-8-4-5-9-16/h1-3,6-7,13-14H,4-5,8-11H2. The summed E-state index contributed by atoms with van der Waals surface area (Å²) < 4.78 is 10.9. The lowest BCUT2D eigenvalue weighted by atomic mass is 9.98. The number of ketones is 1. The van der Waals surface area contributed by atoms with Crippen molar-refractivity contribution in [3.63, 3.8) is 0 Å². The van der Waals surface area contributed by atoms with Gasteiger partial charge in [0, 0.05) is 5.56 Å². The third kappa shape index (κ3) is 2.71. The summed E-state index contributed by atoms with van der Waals surface area (Å²) in [6.45, 7) is 2.77. The maximum absolute atomic E-state index is 12.7. The molecule has 2 fully saturated rings. The first-order chi connectivity index (χ1) is 9.36. The van der Waals surface area contributed by atoms with Gasteiger partial charge in [0.1, 0.15) is 18.9 Å². The summed E-state index contributed by atoms with van der Waals surface area (Å²) in [7, 11) is 0. The molecule has 0 saturated carbocycles. The molecule has 2 atom stereocenters. The second-order valence-corrected chi connectivity index (χ2v) is 5.11. The summed E-state index contributed by atoms with van der Waals surface area (Å²) in [5.74, 6) is 0.151. The number of Topliss-reactive ketones (excluding diaryl/α,β-unsaturated/α-hetero) is 1. The van der Waals surface area contributed by atoms with Crippen LogP contribution in [0.5, 0.6) is 0 Å². The van der Waals surface area contributed by atoms with E-state index in [1.807, 2.05) is 30.3 Å². The normalized spacial score (nSPS) is 25.6. The molecule has 0 spiro atoms. The second-order valence-electron chi connectivity index (χ2n) is 5.11. The number of hydrogen-bond acceptors (Lipinski definition) is 4. The van der Waals surface area contributed by atoms with Crippen molar-refractivity contribution in [1.82, 2.24) is 4.90 Å². The maximum atomic E-state index is 12.7. The molecule has 3 rings (SSSR count). The smallest absolute Gasteiger partial charge is 0.182 e. The zero-order valence-corrected chi connectivity index (χ0v) is 11.0. The molecule has 2 aliphatic heterocycles. The number of benzene rings is 1. The average molecular weight is 261 g/mol. The zero-order chi connectivity index (χ0) is 13.1. The zero-order valence-electron chi connectivity index (χ0n) is 11.0. The van der Waals surface area contributed by atoms with Crippen molar-refractivity contribution in [3.05, 3.63) is 35.9 Å². The van der Waals surface area contributed by atoms with Crippen LogP contribution in [0.4, 0.5) is 0 Å². The molecule has 0 radical (unpaired) electrons. The van der Waals surface area contributed by atoms with Gasteiger partial charge in [-0.05, 0) is 25.9 Å². The van der Waals surface area contributed by atoms with Gasteiger partial charge in [0.05, 0.1) is 6.61 Å². The molecule has 1 aromatic carbocycles. The van der Waals surface area contributed by atoms with Crippen LogP contribution in [-0.4, -0.2) is 49.3 Å². The molecule has 4 nitrogen and oxygen atoms in total. The molecular formula is C15H19NO3. The molecule has 0 aliphatic carbocycles. The van der Waals surface area contributed by atoms with Gasteiger partial charge in [-0.3, -0.25) is 9.69 Å². The molecule has 19 heavy (non-hydrogen) atoms. The predicted octanol–water partition coefficient (Wildman–Crippen LogP) is 1.71. The van der Waals surface area contributed by atoms with Crippen molar-refractivity contribution >= 4 is 5.78 Å². The van der Waals surface area contributed by atoms with Gasteiger partial charge in [-0.25, -0.2) is 0 Å². The Bertz CT molecular complexity index is 406. The van der Waals surface area contributed by atoms with Crippen LogP contribution in [0.1, 0.15) is 23.2 Å². The van der Waals surface area contributed by atoms with E-state index >= 15 is 0 Å². The third-order valence-corrected chi connectivity index (χ3v) is 3.86. The molecule has 0 amide bonds. The fraction of sp³-hybridized carbons (Fsp3) is 0.533. The summed E-state index contributed by atoms with van der Waals surface area (Å²) >= 11 is 0. The molecule has 1 aromatic rings. The molecule has 0 aromatic heterocycles. The minimum absolute atomic E-state index is 0.134. The Balaban J connectivity index is 1.83. The van der Waals surface area contributed by atoms with E-state index < -0.39 is 0 Å². The topological polar surface area (TPSA) is 38.8 Å². The van der Waals surface area contributed by atoms with Crippen LogP contribution in [0, 0.1) is 0 Å². The van der Waals surface area contributed by atoms with Crippen molar-refractivity contribution in [2.24, 2.45) is 0 Å². The van der Waals surface area contributed by atoms with Gasteiger partial charge < -0.3 is 9.47 Å². The molecule has 0 bridgehead atoms. The molecule has 2 heterocycles. The van der Waals surface area contributed by atoms with Crippen LogP contribution in [0.25, 0.3) is 0 Å². The monoisotopic (exact) mass is 261 g/mol. The van der Waals surface area contributed by atoms with E-state index in [2.05, 4.69) is 4.90 Å². The number of rotatable bonds is 4. The SMILES string of the molecule is O=C(c1ccccc1)C(C1COCO1)N1CCCC1. The highest BCUT2D eigenvalue weighted by atomic mass is 16.7. The highest BCUT2D eigenvalue weighted by molar-refractivity contribution is 6.00. The quantitative estimate of drug-likeness (QED) is 0.773. The number of carbonyl (C=O) groups excluding carboxylic acids is 1. The Hall–Kier alpha value is -1.23. The Kier molecular flexibility index (Phi) is 3.92. The summed E-state index contributed by atoms with van der Waals surface area (Å²) in [4.78, 5) is 15.0. The first-order valence-electron chi connectivity index (χ1n) is 6.89. The van der Waals surface area contributed by atoms with Crippen molar-refractivity contribution in [2.75, 3.05) is 26.5 Å². The lowest BCUT2D eigenvalue weighted by Crippen LogP contribution is -2.48. The fourth-order valence-corrected chi connectivity index (χ4v) is 2.89. The van der Waals surface area contributed by atoms with E-state index in [1.54, 1.807) is 0 Å². The lowest BCUT2D eigenvalue weighted by Gasteiger charge is -2.29. The van der Waals surface area contributed by atoms with E-state index in [4.69, 9.17) is 9.47 Å². The van der Waals surface area contributed by atoms with Crippen molar-refractivity contribution in [2.45, 2.75) is 25.0 Å². The Morgan fingerprint density at radius 3 is 2.58 bits per heavy atom. The van der Waals surface area contributed by atoms with Gasteiger partial charge in [0.2, 0.25) is 0 Å². The summed E-state index contributed by atoms with van der Waals surface area (Å²) in [6.07, 6.45) is 2.18. The van der Waals surface area contributed by atoms with Gasteiger partial charge in [-0.15, -0.1) is 0 Å². The first kappa shape index (κ1) is 12.8. The number of likely N-dealkylation sites (tertiary alicyclic amines) is 1. The highest BCUT2D eigenvalue weighted by Gasteiger charge is 2.38. The molecule has 102 valence electrons. The van der Waals surface area contributed by atoms with Gasteiger partial charge >= 0.3 is 0 Å². The molecular weight excluding hydrogens is 242 g/mol. The maximum Gasteiger partial charge on any atom is 0.182 e. The van der Waals surface area contributed by atoms with Gasteiger partial charge in [-0.2, -0.15) is 0 Å². The summed E-state index contributed by atoms with van der Waals surface area (Å²) in [5, 5.41) is 0.